The van der Waals surface area contributed by atoms with E-state index in [1.165, 1.54) is 5.56 Å². The van der Waals surface area contributed by atoms with E-state index in [1.807, 2.05) is 48.5 Å². The Morgan fingerprint density at radius 3 is 2.40 bits per heavy atom. The molecule has 0 fully saturated rings. The van der Waals surface area contributed by atoms with E-state index in [9.17, 15) is 0 Å². The first-order valence-corrected chi connectivity index (χ1v) is 23.5. The van der Waals surface area contributed by atoms with Crippen molar-refractivity contribution in [3.8, 4) is 22.6 Å². The van der Waals surface area contributed by atoms with Gasteiger partial charge in [-0.15, -0.1) is 17.7 Å². The fraction of sp³-hybridized carbons (Fsp3) is 0.275. The molecule has 0 saturated heterocycles. The first kappa shape index (κ1) is 34.7. The van der Waals surface area contributed by atoms with Crippen LogP contribution >= 0.6 is 0 Å². The number of nitrogens with zero attached hydrogens (tertiary/aromatic N) is 4. The summed E-state index contributed by atoms with van der Waals surface area (Å²) in [6.45, 7) is 11.0. The predicted octanol–water partition coefficient (Wildman–Crippen LogP) is 9.98. The van der Waals surface area contributed by atoms with Crippen LogP contribution in [0.2, 0.25) is 17.3 Å². The number of hydrogen-bond acceptors (Lipinski definition) is 4. The van der Waals surface area contributed by atoms with Crippen molar-refractivity contribution < 1.29 is 24.5 Å². The van der Waals surface area contributed by atoms with Gasteiger partial charge in [-0.25, -0.2) is 0 Å². The molecule has 0 N–H and O–H groups in total. The smallest absolute Gasteiger partial charge is 0.139 e. The normalized spacial score (nSPS) is 11.7. The van der Waals surface area contributed by atoms with E-state index in [0.717, 1.165) is 67.6 Å². The summed E-state index contributed by atoms with van der Waals surface area (Å²) < 4.78 is 9.99. The van der Waals surface area contributed by atoms with Crippen molar-refractivity contribution in [2.45, 2.75) is 64.4 Å². The van der Waals surface area contributed by atoms with Crippen molar-refractivity contribution >= 4 is 50.6 Å². The second-order valence-electron chi connectivity index (χ2n) is 13.8. The molecule has 4 heterocycles. The van der Waals surface area contributed by atoms with Crippen LogP contribution in [0.15, 0.2) is 89.7 Å². The van der Waals surface area contributed by atoms with Crippen LogP contribution < -0.4 is 4.40 Å². The zero-order valence-corrected chi connectivity index (χ0v) is 33.0. The van der Waals surface area contributed by atoms with Gasteiger partial charge in [0.15, 0.2) is 0 Å². The number of pyridine rings is 2. The zero-order valence-electron chi connectivity index (χ0n) is 28.5. The molecule has 243 valence electrons. The van der Waals surface area contributed by atoms with E-state index < -0.39 is 13.3 Å². The quantitative estimate of drug-likeness (QED) is 0.124. The average molecular weight is 860 g/mol. The fourth-order valence-corrected chi connectivity index (χ4v) is 9.56. The molecule has 0 amide bonds. The van der Waals surface area contributed by atoms with Gasteiger partial charge in [-0.2, -0.15) is 0 Å². The van der Waals surface area contributed by atoms with Gasteiger partial charge < -0.3 is 8.98 Å². The van der Waals surface area contributed by atoms with E-state index in [2.05, 4.69) is 98.0 Å². The van der Waals surface area contributed by atoms with Crippen LogP contribution in [0, 0.1) is 25.0 Å². The van der Waals surface area contributed by atoms with Crippen molar-refractivity contribution in [1.29, 1.82) is 0 Å². The van der Waals surface area contributed by atoms with Crippen LogP contribution in [0.4, 0.5) is 0 Å². The van der Waals surface area contributed by atoms with Crippen LogP contribution in [-0.2, 0) is 26.5 Å². The Kier molecular flexibility index (Phi) is 10.5. The maximum Gasteiger partial charge on any atom is 0.139 e. The summed E-state index contributed by atoms with van der Waals surface area (Å²) in [5, 5.41) is 2.19. The maximum atomic E-state index is 6.20. The van der Waals surface area contributed by atoms with Crippen molar-refractivity contribution in [2.75, 3.05) is 0 Å². The molecule has 0 unspecified atom stereocenters. The Morgan fingerprint density at radius 2 is 1.70 bits per heavy atom. The first-order chi connectivity index (χ1) is 22.0. The number of furan rings is 1. The number of aromatic nitrogens is 4. The van der Waals surface area contributed by atoms with Crippen molar-refractivity contribution in [3.63, 3.8) is 0 Å². The number of aryl methyl sites for hydroxylation is 1. The van der Waals surface area contributed by atoms with Gasteiger partial charge in [0.2, 0.25) is 0 Å². The molecule has 0 atom stereocenters. The van der Waals surface area contributed by atoms with Gasteiger partial charge in [-0.1, -0.05) is 30.0 Å². The number of imidazole rings is 1. The minimum Gasteiger partial charge on any atom is -0.499 e. The Balaban J connectivity index is 0.000000188. The number of para-hydroxylation sites is 2. The number of benzene rings is 3. The fourth-order valence-electron chi connectivity index (χ4n) is 6.23. The number of rotatable bonds is 6. The largest absolute Gasteiger partial charge is 0.499 e. The molecular formula is C40H42GeIrN4O-2. The molecule has 7 heteroatoms. The van der Waals surface area contributed by atoms with Crippen molar-refractivity contribution in [2.24, 2.45) is 5.92 Å². The second-order valence-corrected chi connectivity index (χ2v) is 24.3. The van der Waals surface area contributed by atoms with Gasteiger partial charge in [0.1, 0.15) is 5.58 Å². The third-order valence-electron chi connectivity index (χ3n) is 8.29. The Morgan fingerprint density at radius 1 is 0.936 bits per heavy atom. The standard InChI is InChI=1S/C22H18N3O.C18H24GeN.Ir/c1-13(2)25-18-7-5-4-6-17(18)24-22(25)16-9-8-14(3)20-15-10-11-23-12-19(15)26-21(16)20;1-14(2)11-16-12-18(15-9-7-6-8-10-15)20-13-17(16)19(3,4)5;/h4-8,10-13H,1-3H3;6-9,12-14H,11H2,1-5H3;/q2*-1;. The van der Waals surface area contributed by atoms with Crippen LogP contribution in [-0.4, -0.2) is 32.8 Å². The van der Waals surface area contributed by atoms with E-state index in [4.69, 9.17) is 14.4 Å². The Hall–Kier alpha value is -3.58. The number of hydrogen-bond donors (Lipinski definition) is 0. The molecule has 7 aromatic rings. The molecule has 1 radical (unpaired) electrons. The zero-order chi connectivity index (χ0) is 32.6. The van der Waals surface area contributed by atoms with Crippen LogP contribution in [0.3, 0.4) is 0 Å². The Labute approximate surface area is 294 Å². The minimum atomic E-state index is -1.86. The van der Waals surface area contributed by atoms with Gasteiger partial charge in [0, 0.05) is 37.7 Å². The maximum absolute atomic E-state index is 6.20. The molecule has 47 heavy (non-hydrogen) atoms. The van der Waals surface area contributed by atoms with E-state index >= 15 is 0 Å². The van der Waals surface area contributed by atoms with Gasteiger partial charge >= 0.3 is 126 Å². The molecule has 0 aliphatic carbocycles. The molecule has 7 rings (SSSR count). The number of fused-ring (bicyclic) bond motifs is 4. The van der Waals surface area contributed by atoms with Crippen molar-refractivity contribution in [1.82, 2.24) is 19.5 Å². The van der Waals surface area contributed by atoms with Crippen LogP contribution in [0.25, 0.3) is 55.6 Å². The predicted molar refractivity (Wildman–Crippen MR) is 194 cm³/mol. The topological polar surface area (TPSA) is 56.7 Å². The molecule has 0 spiro atoms. The van der Waals surface area contributed by atoms with Gasteiger partial charge in [-0.3, -0.25) is 9.97 Å². The van der Waals surface area contributed by atoms with Crippen LogP contribution in [0.1, 0.15) is 44.9 Å². The Bertz CT molecular complexity index is 2140. The second kappa shape index (κ2) is 14.3. The summed E-state index contributed by atoms with van der Waals surface area (Å²) in [5.74, 6) is 8.88. The summed E-state index contributed by atoms with van der Waals surface area (Å²) in [7, 11) is 0. The van der Waals surface area contributed by atoms with Crippen LogP contribution in [0.5, 0.6) is 0 Å². The summed E-state index contributed by atoms with van der Waals surface area (Å²) in [4.78, 5) is 13.8. The van der Waals surface area contributed by atoms with E-state index in [-0.39, 0.29) is 26.1 Å². The molecule has 5 nitrogen and oxygen atoms in total. The molecule has 3 aromatic carbocycles. The van der Waals surface area contributed by atoms with Crippen molar-refractivity contribution in [3.05, 3.63) is 109 Å². The monoisotopic (exact) mass is 861 g/mol. The molecular weight excluding hydrogens is 817 g/mol. The first-order valence-electron chi connectivity index (χ1n) is 16.1. The summed E-state index contributed by atoms with van der Waals surface area (Å²) in [5.41, 5.74) is 9.39. The molecule has 0 bridgehead atoms. The SMILES string of the molecule is CC(C)Cc1cc(-c2[c-]cccc2)nc[c]1[Ge]([CH3])([CH3])[CH3].Cc1c[c-]c(-c2nc3ccccc3n2C(C)C)c2oc3cnccc3c12.[Ir]. The van der Waals surface area contributed by atoms with E-state index in [0.29, 0.717) is 5.92 Å². The third kappa shape index (κ3) is 7.16. The average Bonchev–Trinajstić information content (AvgIpc) is 3.61. The molecule has 4 aromatic heterocycles. The molecule has 0 aliphatic rings. The summed E-state index contributed by atoms with van der Waals surface area (Å²) >= 11 is -1.86. The van der Waals surface area contributed by atoms with Gasteiger partial charge in [-0.05, 0) is 32.0 Å². The molecule has 0 aliphatic heterocycles. The van der Waals surface area contributed by atoms with Gasteiger partial charge in [0.25, 0.3) is 0 Å². The molecule has 0 saturated carbocycles. The minimum absolute atomic E-state index is 0. The summed E-state index contributed by atoms with van der Waals surface area (Å²) in [6, 6.07) is 29.6. The van der Waals surface area contributed by atoms with E-state index in [1.54, 1.807) is 16.8 Å². The summed E-state index contributed by atoms with van der Waals surface area (Å²) in [6.07, 6.45) is 6.84. The third-order valence-corrected chi connectivity index (χ3v) is 12.6. The van der Waals surface area contributed by atoms with Gasteiger partial charge in [0.05, 0.1) is 28.6 Å².